The van der Waals surface area contributed by atoms with Gasteiger partial charge in [0.1, 0.15) is 12.7 Å². The number of amides is 1. The van der Waals surface area contributed by atoms with Crippen molar-refractivity contribution in [3.05, 3.63) is 59.7 Å². The van der Waals surface area contributed by atoms with Crippen LogP contribution in [0.1, 0.15) is 15.9 Å². The molecule has 3 rings (SSSR count). The number of carbonyl (C=O) groups is 1. The van der Waals surface area contributed by atoms with Gasteiger partial charge in [-0.2, -0.15) is 11.8 Å². The maximum absolute atomic E-state index is 12.3. The van der Waals surface area contributed by atoms with Gasteiger partial charge in [0.15, 0.2) is 11.5 Å². The van der Waals surface area contributed by atoms with Crippen molar-refractivity contribution in [2.24, 2.45) is 0 Å². The molecule has 1 atom stereocenters. The molecule has 1 aliphatic heterocycles. The number of ether oxygens (including phenoxy) is 2. The molecular formula is C18H19NO3S. The zero-order valence-corrected chi connectivity index (χ0v) is 13.8. The summed E-state index contributed by atoms with van der Waals surface area (Å²) in [5.41, 5.74) is 1.82. The third-order valence-electron chi connectivity index (χ3n) is 3.56. The lowest BCUT2D eigenvalue weighted by Gasteiger charge is -2.26. The molecule has 0 radical (unpaired) electrons. The highest BCUT2D eigenvalue weighted by Crippen LogP contribution is 2.30. The number of para-hydroxylation sites is 2. The van der Waals surface area contributed by atoms with Gasteiger partial charge < -0.3 is 14.8 Å². The minimum absolute atomic E-state index is 0.0876. The second kappa shape index (κ2) is 7.42. The van der Waals surface area contributed by atoms with Crippen molar-refractivity contribution in [3.63, 3.8) is 0 Å². The number of carbonyl (C=O) groups excluding carboxylic acids is 1. The van der Waals surface area contributed by atoms with Gasteiger partial charge in [-0.15, -0.1) is 0 Å². The predicted molar refractivity (Wildman–Crippen MR) is 92.3 cm³/mol. The largest absolute Gasteiger partial charge is 0.486 e. The predicted octanol–water partition coefficient (Wildman–Crippen LogP) is 3.12. The van der Waals surface area contributed by atoms with Crippen LogP contribution in [0.2, 0.25) is 0 Å². The molecule has 0 aromatic heterocycles. The van der Waals surface area contributed by atoms with Crippen LogP contribution in [0.3, 0.4) is 0 Å². The molecule has 23 heavy (non-hydrogen) atoms. The minimum Gasteiger partial charge on any atom is -0.486 e. The molecule has 0 saturated heterocycles. The van der Waals surface area contributed by atoms with Gasteiger partial charge in [-0.25, -0.2) is 0 Å². The van der Waals surface area contributed by atoms with Gasteiger partial charge in [-0.05, 0) is 36.1 Å². The second-order valence-electron chi connectivity index (χ2n) is 5.34. The Morgan fingerprint density at radius 1 is 1.22 bits per heavy atom. The van der Waals surface area contributed by atoms with Crippen LogP contribution in [-0.2, 0) is 5.75 Å². The summed E-state index contributed by atoms with van der Waals surface area (Å²) in [6.07, 6.45) is 1.87. The first-order chi connectivity index (χ1) is 11.3. The molecular weight excluding hydrogens is 310 g/mol. The van der Waals surface area contributed by atoms with E-state index in [1.807, 2.05) is 54.8 Å². The number of nitrogens with one attached hydrogen (secondary N) is 1. The fraction of sp³-hybridized carbons (Fsp3) is 0.278. The molecule has 1 N–H and O–H groups in total. The molecule has 1 unspecified atom stereocenters. The number of benzene rings is 2. The zero-order chi connectivity index (χ0) is 16.1. The van der Waals surface area contributed by atoms with Crippen molar-refractivity contribution in [3.8, 4) is 11.5 Å². The zero-order valence-electron chi connectivity index (χ0n) is 13.0. The summed E-state index contributed by atoms with van der Waals surface area (Å²) in [4.78, 5) is 12.3. The van der Waals surface area contributed by atoms with Gasteiger partial charge in [0.2, 0.25) is 0 Å². The molecule has 4 nitrogen and oxygen atoms in total. The first-order valence-electron chi connectivity index (χ1n) is 7.51. The van der Waals surface area contributed by atoms with Gasteiger partial charge in [-0.1, -0.05) is 24.3 Å². The van der Waals surface area contributed by atoms with E-state index in [-0.39, 0.29) is 12.0 Å². The van der Waals surface area contributed by atoms with Gasteiger partial charge in [0.05, 0.1) is 6.54 Å². The van der Waals surface area contributed by atoms with Gasteiger partial charge in [-0.3, -0.25) is 4.79 Å². The lowest BCUT2D eigenvalue weighted by Crippen LogP contribution is -2.40. The van der Waals surface area contributed by atoms with Gasteiger partial charge >= 0.3 is 0 Å². The summed E-state index contributed by atoms with van der Waals surface area (Å²) >= 11 is 1.74. The smallest absolute Gasteiger partial charge is 0.251 e. The Kier molecular flexibility index (Phi) is 5.08. The Labute approximate surface area is 140 Å². The number of fused-ring (bicyclic) bond motifs is 1. The number of thioether (sulfide) groups is 1. The molecule has 0 aliphatic carbocycles. The Morgan fingerprint density at radius 2 is 2.04 bits per heavy atom. The van der Waals surface area contributed by atoms with Crippen LogP contribution in [-0.4, -0.2) is 31.4 Å². The van der Waals surface area contributed by atoms with E-state index in [1.165, 1.54) is 0 Å². The van der Waals surface area contributed by atoms with E-state index < -0.39 is 0 Å². The lowest BCUT2D eigenvalue weighted by atomic mass is 10.1. The van der Waals surface area contributed by atoms with E-state index in [4.69, 9.17) is 9.47 Å². The van der Waals surface area contributed by atoms with E-state index in [0.29, 0.717) is 18.7 Å². The van der Waals surface area contributed by atoms with Crippen LogP contribution >= 0.6 is 11.8 Å². The highest BCUT2D eigenvalue weighted by Gasteiger charge is 2.21. The molecule has 0 spiro atoms. The standard InChI is InChI=1S/C18H19NO3S/c1-23-12-13-5-4-6-14(9-13)18(20)19-10-15-11-21-16-7-2-3-8-17(16)22-15/h2-9,15H,10-12H2,1H3,(H,19,20). The second-order valence-corrected chi connectivity index (χ2v) is 6.21. The Balaban J connectivity index is 1.56. The summed E-state index contributed by atoms with van der Waals surface area (Å²) in [5, 5.41) is 2.92. The number of hydrogen-bond acceptors (Lipinski definition) is 4. The summed E-state index contributed by atoms with van der Waals surface area (Å²) < 4.78 is 11.5. The topological polar surface area (TPSA) is 47.6 Å². The van der Waals surface area contributed by atoms with Gasteiger partial charge in [0, 0.05) is 11.3 Å². The van der Waals surface area contributed by atoms with E-state index in [9.17, 15) is 4.79 Å². The van der Waals surface area contributed by atoms with E-state index in [2.05, 4.69) is 5.32 Å². The Hall–Kier alpha value is -2.14. The maximum atomic E-state index is 12.3. The highest BCUT2D eigenvalue weighted by molar-refractivity contribution is 7.97. The molecule has 2 aromatic carbocycles. The van der Waals surface area contributed by atoms with E-state index in [1.54, 1.807) is 11.8 Å². The quantitative estimate of drug-likeness (QED) is 0.915. The fourth-order valence-electron chi connectivity index (χ4n) is 2.44. The maximum Gasteiger partial charge on any atom is 0.251 e. The van der Waals surface area contributed by atoms with Crippen molar-refractivity contribution in [2.75, 3.05) is 19.4 Å². The van der Waals surface area contributed by atoms with Crippen molar-refractivity contribution in [1.29, 1.82) is 0 Å². The van der Waals surface area contributed by atoms with Crippen LogP contribution in [0, 0.1) is 0 Å². The van der Waals surface area contributed by atoms with Crippen molar-refractivity contribution >= 4 is 17.7 Å². The minimum atomic E-state index is -0.178. The van der Waals surface area contributed by atoms with Gasteiger partial charge in [0.25, 0.3) is 5.91 Å². The molecule has 0 fully saturated rings. The SMILES string of the molecule is CSCc1cccc(C(=O)NCC2COc3ccccc3O2)c1. The van der Waals surface area contributed by atoms with Crippen LogP contribution in [0.15, 0.2) is 48.5 Å². The highest BCUT2D eigenvalue weighted by atomic mass is 32.2. The molecule has 1 aliphatic rings. The van der Waals surface area contributed by atoms with Crippen molar-refractivity contribution < 1.29 is 14.3 Å². The third-order valence-corrected chi connectivity index (χ3v) is 4.18. The first-order valence-corrected chi connectivity index (χ1v) is 8.90. The lowest BCUT2D eigenvalue weighted by molar-refractivity contribution is 0.0789. The monoisotopic (exact) mass is 329 g/mol. The average molecular weight is 329 g/mol. The summed E-state index contributed by atoms with van der Waals surface area (Å²) in [6, 6.07) is 15.3. The summed E-state index contributed by atoms with van der Waals surface area (Å²) in [6.45, 7) is 0.851. The molecule has 1 heterocycles. The molecule has 0 bridgehead atoms. The summed E-state index contributed by atoms with van der Waals surface area (Å²) in [7, 11) is 0. The van der Waals surface area contributed by atoms with Crippen molar-refractivity contribution in [2.45, 2.75) is 11.9 Å². The third kappa shape index (κ3) is 3.99. The van der Waals surface area contributed by atoms with E-state index in [0.717, 1.165) is 22.8 Å². The number of hydrogen-bond donors (Lipinski definition) is 1. The first kappa shape index (κ1) is 15.7. The van der Waals surface area contributed by atoms with Crippen LogP contribution in [0.25, 0.3) is 0 Å². The Morgan fingerprint density at radius 3 is 2.87 bits per heavy atom. The van der Waals surface area contributed by atoms with Crippen LogP contribution in [0.5, 0.6) is 11.5 Å². The Bertz CT molecular complexity index is 689. The van der Waals surface area contributed by atoms with Crippen LogP contribution < -0.4 is 14.8 Å². The number of rotatable bonds is 5. The summed E-state index contributed by atoms with van der Waals surface area (Å²) in [5.74, 6) is 2.28. The molecule has 120 valence electrons. The molecule has 5 heteroatoms. The van der Waals surface area contributed by atoms with Crippen LogP contribution in [0.4, 0.5) is 0 Å². The normalized spacial score (nSPS) is 16.0. The molecule has 1 amide bonds. The average Bonchev–Trinajstić information content (AvgIpc) is 2.60. The van der Waals surface area contributed by atoms with Crippen molar-refractivity contribution in [1.82, 2.24) is 5.32 Å². The molecule has 0 saturated carbocycles. The fourth-order valence-corrected chi connectivity index (χ4v) is 2.95. The molecule has 2 aromatic rings. The van der Waals surface area contributed by atoms with E-state index >= 15 is 0 Å².